The van der Waals surface area contributed by atoms with Gasteiger partial charge in [0.15, 0.2) is 0 Å². The fourth-order valence-electron chi connectivity index (χ4n) is 3.53. The van der Waals surface area contributed by atoms with E-state index in [1.807, 2.05) is 0 Å². The lowest BCUT2D eigenvalue weighted by molar-refractivity contribution is 0.213. The van der Waals surface area contributed by atoms with Crippen molar-refractivity contribution in [2.75, 3.05) is 13.1 Å². The molecule has 2 aliphatic rings. The second-order valence-corrected chi connectivity index (χ2v) is 6.39. The molecule has 0 radical (unpaired) electrons. The molecule has 1 saturated heterocycles. The number of nitrogens with one attached hydrogen (secondary N) is 2. The van der Waals surface area contributed by atoms with Crippen LogP contribution in [0.15, 0.2) is 0 Å². The molecule has 0 spiro atoms. The van der Waals surface area contributed by atoms with Gasteiger partial charge in [-0.05, 0) is 57.0 Å². The summed E-state index contributed by atoms with van der Waals surface area (Å²) in [6, 6.07) is 1.60. The van der Waals surface area contributed by atoms with Crippen molar-refractivity contribution in [1.29, 1.82) is 0 Å². The second-order valence-electron chi connectivity index (χ2n) is 6.39. The van der Waals surface area contributed by atoms with Crippen molar-refractivity contribution < 1.29 is 0 Å². The molecular weight excluding hydrogens is 208 g/mol. The Morgan fingerprint density at radius 3 is 2.65 bits per heavy atom. The molecule has 0 aromatic heterocycles. The number of hydrogen-bond acceptors (Lipinski definition) is 2. The van der Waals surface area contributed by atoms with E-state index in [1.54, 1.807) is 0 Å². The third-order valence-corrected chi connectivity index (χ3v) is 4.56. The smallest absolute Gasteiger partial charge is 0.0111 e. The van der Waals surface area contributed by atoms with Crippen LogP contribution in [0.25, 0.3) is 0 Å². The Bertz CT molecular complexity index is 209. The fraction of sp³-hybridized carbons (Fsp3) is 1.00. The van der Waals surface area contributed by atoms with Crippen molar-refractivity contribution >= 4 is 0 Å². The standard InChI is InChI=1S/C15H30N2/c1-12(2)9-11-17-14-7-4-3-6-13(14)15-8-5-10-16-15/h12-17H,3-11H2,1-2H3. The molecule has 100 valence electrons. The first-order valence-electron chi connectivity index (χ1n) is 7.74. The molecule has 1 saturated carbocycles. The summed E-state index contributed by atoms with van der Waals surface area (Å²) in [5, 5.41) is 7.56. The zero-order valence-corrected chi connectivity index (χ0v) is 11.7. The number of hydrogen-bond donors (Lipinski definition) is 2. The fourth-order valence-corrected chi connectivity index (χ4v) is 3.53. The highest BCUT2D eigenvalue weighted by molar-refractivity contribution is 4.91. The van der Waals surface area contributed by atoms with Gasteiger partial charge in [-0.3, -0.25) is 0 Å². The molecule has 2 rings (SSSR count). The maximum atomic E-state index is 3.84. The number of rotatable bonds is 5. The molecule has 1 heterocycles. The van der Waals surface area contributed by atoms with Crippen LogP contribution < -0.4 is 10.6 Å². The van der Waals surface area contributed by atoms with Crippen LogP contribution in [-0.2, 0) is 0 Å². The molecule has 2 heteroatoms. The molecule has 0 amide bonds. The maximum Gasteiger partial charge on any atom is 0.0111 e. The van der Waals surface area contributed by atoms with Crippen molar-refractivity contribution in [2.45, 2.75) is 70.9 Å². The minimum Gasteiger partial charge on any atom is -0.314 e. The predicted octanol–water partition coefficient (Wildman–Crippen LogP) is 2.93. The van der Waals surface area contributed by atoms with Crippen LogP contribution in [-0.4, -0.2) is 25.2 Å². The van der Waals surface area contributed by atoms with E-state index in [9.17, 15) is 0 Å². The summed E-state index contributed by atoms with van der Waals surface area (Å²) in [5.74, 6) is 1.73. The Morgan fingerprint density at radius 1 is 1.12 bits per heavy atom. The minimum atomic E-state index is 0.790. The highest BCUT2D eigenvalue weighted by Gasteiger charge is 2.32. The van der Waals surface area contributed by atoms with E-state index in [1.165, 1.54) is 58.0 Å². The quantitative estimate of drug-likeness (QED) is 0.769. The molecule has 0 aromatic carbocycles. The molecule has 17 heavy (non-hydrogen) atoms. The summed E-state index contributed by atoms with van der Waals surface area (Å²) in [5.41, 5.74) is 0. The topological polar surface area (TPSA) is 24.1 Å². The molecule has 3 atom stereocenters. The molecule has 1 aliphatic carbocycles. The predicted molar refractivity (Wildman–Crippen MR) is 74.2 cm³/mol. The van der Waals surface area contributed by atoms with Crippen LogP contribution in [0, 0.1) is 11.8 Å². The van der Waals surface area contributed by atoms with Gasteiger partial charge in [0.2, 0.25) is 0 Å². The lowest BCUT2D eigenvalue weighted by Gasteiger charge is -2.36. The van der Waals surface area contributed by atoms with Gasteiger partial charge in [0, 0.05) is 12.1 Å². The highest BCUT2D eigenvalue weighted by Crippen LogP contribution is 2.30. The Morgan fingerprint density at radius 2 is 1.94 bits per heavy atom. The second kappa shape index (κ2) is 6.75. The Kier molecular flexibility index (Phi) is 5.30. The molecule has 3 unspecified atom stereocenters. The van der Waals surface area contributed by atoms with E-state index in [-0.39, 0.29) is 0 Å². The Balaban J connectivity index is 1.79. The first-order chi connectivity index (χ1) is 8.27. The van der Waals surface area contributed by atoms with Crippen molar-refractivity contribution in [3.8, 4) is 0 Å². The lowest BCUT2D eigenvalue weighted by atomic mass is 9.79. The van der Waals surface area contributed by atoms with Crippen LogP contribution in [0.4, 0.5) is 0 Å². The van der Waals surface area contributed by atoms with Gasteiger partial charge in [0.1, 0.15) is 0 Å². The first kappa shape index (κ1) is 13.4. The Hall–Kier alpha value is -0.0800. The van der Waals surface area contributed by atoms with Gasteiger partial charge in [-0.2, -0.15) is 0 Å². The summed E-state index contributed by atoms with van der Waals surface area (Å²) >= 11 is 0. The maximum absolute atomic E-state index is 3.84. The summed E-state index contributed by atoms with van der Waals surface area (Å²) < 4.78 is 0. The van der Waals surface area contributed by atoms with E-state index in [0.717, 1.165) is 23.9 Å². The van der Waals surface area contributed by atoms with E-state index >= 15 is 0 Å². The van der Waals surface area contributed by atoms with E-state index < -0.39 is 0 Å². The van der Waals surface area contributed by atoms with Gasteiger partial charge < -0.3 is 10.6 Å². The summed E-state index contributed by atoms with van der Waals surface area (Å²) in [4.78, 5) is 0. The normalized spacial score (nSPS) is 34.4. The van der Waals surface area contributed by atoms with Crippen LogP contribution >= 0.6 is 0 Å². The SMILES string of the molecule is CC(C)CCNC1CCCCC1C1CCCN1. The van der Waals surface area contributed by atoms with E-state index in [4.69, 9.17) is 0 Å². The molecule has 2 nitrogen and oxygen atoms in total. The lowest BCUT2D eigenvalue weighted by Crippen LogP contribution is -2.47. The monoisotopic (exact) mass is 238 g/mol. The van der Waals surface area contributed by atoms with Crippen LogP contribution in [0.3, 0.4) is 0 Å². The third-order valence-electron chi connectivity index (χ3n) is 4.56. The average Bonchev–Trinajstić information content (AvgIpc) is 2.82. The summed E-state index contributed by atoms with van der Waals surface area (Å²) in [6.45, 7) is 7.10. The zero-order chi connectivity index (χ0) is 12.1. The molecule has 2 fully saturated rings. The molecule has 0 bridgehead atoms. The van der Waals surface area contributed by atoms with Crippen LogP contribution in [0.1, 0.15) is 58.8 Å². The molecular formula is C15H30N2. The van der Waals surface area contributed by atoms with Gasteiger partial charge in [-0.1, -0.05) is 26.7 Å². The average molecular weight is 238 g/mol. The first-order valence-corrected chi connectivity index (χ1v) is 7.74. The summed E-state index contributed by atoms with van der Waals surface area (Å²) in [7, 11) is 0. The largest absolute Gasteiger partial charge is 0.314 e. The van der Waals surface area contributed by atoms with Gasteiger partial charge in [0.05, 0.1) is 0 Å². The zero-order valence-electron chi connectivity index (χ0n) is 11.7. The van der Waals surface area contributed by atoms with Gasteiger partial charge in [-0.15, -0.1) is 0 Å². The third kappa shape index (κ3) is 3.96. The van der Waals surface area contributed by atoms with E-state index in [0.29, 0.717) is 0 Å². The van der Waals surface area contributed by atoms with Crippen molar-refractivity contribution in [2.24, 2.45) is 11.8 Å². The van der Waals surface area contributed by atoms with Crippen molar-refractivity contribution in [3.05, 3.63) is 0 Å². The minimum absolute atomic E-state index is 0.790. The van der Waals surface area contributed by atoms with Gasteiger partial charge in [-0.25, -0.2) is 0 Å². The van der Waals surface area contributed by atoms with Crippen molar-refractivity contribution in [1.82, 2.24) is 10.6 Å². The van der Waals surface area contributed by atoms with Crippen LogP contribution in [0.2, 0.25) is 0 Å². The van der Waals surface area contributed by atoms with Crippen molar-refractivity contribution in [3.63, 3.8) is 0 Å². The Labute approximate surface area is 107 Å². The summed E-state index contributed by atoms with van der Waals surface area (Å²) in [6.07, 6.45) is 9.85. The van der Waals surface area contributed by atoms with Crippen LogP contribution in [0.5, 0.6) is 0 Å². The highest BCUT2D eigenvalue weighted by atomic mass is 15.0. The molecule has 2 N–H and O–H groups in total. The molecule has 1 aliphatic heterocycles. The van der Waals surface area contributed by atoms with E-state index in [2.05, 4.69) is 24.5 Å². The van der Waals surface area contributed by atoms with Gasteiger partial charge in [0.25, 0.3) is 0 Å². The van der Waals surface area contributed by atoms with Gasteiger partial charge >= 0.3 is 0 Å². The molecule has 0 aromatic rings.